The van der Waals surface area contributed by atoms with Crippen LogP contribution in [-0.2, 0) is 6.54 Å². The minimum atomic E-state index is 0.0947. The highest BCUT2D eigenvalue weighted by atomic mass is 16.5. The molecule has 0 aliphatic carbocycles. The van der Waals surface area contributed by atoms with Crippen molar-refractivity contribution >= 4 is 0 Å². The lowest BCUT2D eigenvalue weighted by Gasteiger charge is -2.21. The van der Waals surface area contributed by atoms with Gasteiger partial charge in [0.25, 0.3) is 0 Å². The number of hydrogen-bond acceptors (Lipinski definition) is 3. The van der Waals surface area contributed by atoms with Crippen LogP contribution in [0.5, 0.6) is 5.75 Å². The zero-order chi connectivity index (χ0) is 14.5. The summed E-state index contributed by atoms with van der Waals surface area (Å²) in [6.07, 6.45) is 1.79. The third kappa shape index (κ3) is 2.85. The maximum atomic E-state index is 5.48. The summed E-state index contributed by atoms with van der Waals surface area (Å²) in [6, 6.07) is 8.65. The molecule has 0 amide bonds. The zero-order valence-corrected chi connectivity index (χ0v) is 12.7. The SMILES string of the molecule is CCNC(c1cccc(C)c1)c1c(OC)cnn1CC. The maximum Gasteiger partial charge on any atom is 0.161 e. The van der Waals surface area contributed by atoms with Gasteiger partial charge in [-0.2, -0.15) is 5.10 Å². The molecule has 0 bridgehead atoms. The Balaban J connectivity index is 2.50. The molecule has 1 aromatic carbocycles. The summed E-state index contributed by atoms with van der Waals surface area (Å²) in [5.41, 5.74) is 3.58. The van der Waals surface area contributed by atoms with E-state index in [2.05, 4.69) is 55.5 Å². The summed E-state index contributed by atoms with van der Waals surface area (Å²) in [4.78, 5) is 0. The van der Waals surface area contributed by atoms with Crippen molar-refractivity contribution in [1.29, 1.82) is 0 Å². The fourth-order valence-corrected chi connectivity index (χ4v) is 2.50. The van der Waals surface area contributed by atoms with Gasteiger partial charge < -0.3 is 10.1 Å². The van der Waals surface area contributed by atoms with Gasteiger partial charge in [0, 0.05) is 6.54 Å². The molecular formula is C16H23N3O. The molecule has 1 unspecified atom stereocenters. The lowest BCUT2D eigenvalue weighted by atomic mass is 10.0. The summed E-state index contributed by atoms with van der Waals surface area (Å²) in [6.45, 7) is 8.03. The van der Waals surface area contributed by atoms with Gasteiger partial charge in [0.2, 0.25) is 0 Å². The van der Waals surface area contributed by atoms with Gasteiger partial charge in [-0.15, -0.1) is 0 Å². The van der Waals surface area contributed by atoms with Crippen LogP contribution < -0.4 is 10.1 Å². The number of rotatable bonds is 6. The number of nitrogens with one attached hydrogen (secondary N) is 1. The van der Waals surface area contributed by atoms with Crippen LogP contribution in [0.3, 0.4) is 0 Å². The molecule has 2 rings (SSSR count). The molecule has 4 heteroatoms. The molecule has 4 nitrogen and oxygen atoms in total. The maximum absolute atomic E-state index is 5.48. The van der Waals surface area contributed by atoms with Crippen LogP contribution in [0, 0.1) is 6.92 Å². The first kappa shape index (κ1) is 14.6. The van der Waals surface area contributed by atoms with Crippen molar-refractivity contribution in [1.82, 2.24) is 15.1 Å². The van der Waals surface area contributed by atoms with Crippen molar-refractivity contribution in [3.05, 3.63) is 47.3 Å². The zero-order valence-electron chi connectivity index (χ0n) is 12.7. The Hall–Kier alpha value is -1.81. The fourth-order valence-electron chi connectivity index (χ4n) is 2.50. The molecule has 20 heavy (non-hydrogen) atoms. The van der Waals surface area contributed by atoms with Crippen molar-refractivity contribution in [2.75, 3.05) is 13.7 Å². The number of aromatic nitrogens is 2. The predicted octanol–water partition coefficient (Wildman–Crippen LogP) is 2.92. The average molecular weight is 273 g/mol. The Morgan fingerprint density at radius 1 is 1.35 bits per heavy atom. The Morgan fingerprint density at radius 2 is 2.15 bits per heavy atom. The minimum Gasteiger partial charge on any atom is -0.493 e. The van der Waals surface area contributed by atoms with E-state index in [-0.39, 0.29) is 6.04 Å². The van der Waals surface area contributed by atoms with Gasteiger partial charge in [-0.1, -0.05) is 36.8 Å². The van der Waals surface area contributed by atoms with Crippen LogP contribution in [0.25, 0.3) is 0 Å². The van der Waals surface area contributed by atoms with Crippen molar-refractivity contribution < 1.29 is 4.74 Å². The first-order valence-electron chi connectivity index (χ1n) is 7.10. The third-order valence-corrected chi connectivity index (χ3v) is 3.42. The number of hydrogen-bond donors (Lipinski definition) is 1. The van der Waals surface area contributed by atoms with Gasteiger partial charge in [0.1, 0.15) is 5.69 Å². The van der Waals surface area contributed by atoms with Crippen LogP contribution in [0.4, 0.5) is 0 Å². The van der Waals surface area contributed by atoms with Crippen LogP contribution in [0.2, 0.25) is 0 Å². The molecule has 0 aliphatic rings. The van der Waals surface area contributed by atoms with Crippen LogP contribution in [-0.4, -0.2) is 23.4 Å². The molecule has 0 radical (unpaired) electrons. The van der Waals surface area contributed by atoms with E-state index in [4.69, 9.17) is 4.74 Å². The Labute approximate surface area is 120 Å². The summed E-state index contributed by atoms with van der Waals surface area (Å²) >= 11 is 0. The van der Waals surface area contributed by atoms with Crippen molar-refractivity contribution in [3.8, 4) is 5.75 Å². The fraction of sp³-hybridized carbons (Fsp3) is 0.438. The second kappa shape index (κ2) is 6.57. The average Bonchev–Trinajstić information content (AvgIpc) is 2.87. The second-order valence-electron chi connectivity index (χ2n) is 4.82. The molecule has 0 spiro atoms. The highest BCUT2D eigenvalue weighted by molar-refractivity contribution is 5.37. The van der Waals surface area contributed by atoms with E-state index < -0.39 is 0 Å². The third-order valence-electron chi connectivity index (χ3n) is 3.42. The van der Waals surface area contributed by atoms with E-state index in [0.717, 1.165) is 24.5 Å². The molecule has 1 aromatic heterocycles. The quantitative estimate of drug-likeness (QED) is 0.879. The van der Waals surface area contributed by atoms with E-state index in [1.165, 1.54) is 11.1 Å². The van der Waals surface area contributed by atoms with Crippen LogP contribution >= 0.6 is 0 Å². The molecule has 0 fully saturated rings. The molecule has 1 atom stereocenters. The number of nitrogens with zero attached hydrogens (tertiary/aromatic N) is 2. The normalized spacial score (nSPS) is 12.4. The van der Waals surface area contributed by atoms with Crippen molar-refractivity contribution in [2.45, 2.75) is 33.4 Å². The molecule has 0 aliphatic heterocycles. The van der Waals surface area contributed by atoms with E-state index in [1.54, 1.807) is 13.3 Å². The minimum absolute atomic E-state index is 0.0947. The Bertz CT molecular complexity index is 541. The van der Waals surface area contributed by atoms with Gasteiger partial charge in [0.05, 0.1) is 19.3 Å². The van der Waals surface area contributed by atoms with Gasteiger partial charge in [-0.3, -0.25) is 4.68 Å². The first-order chi connectivity index (χ1) is 9.71. The first-order valence-corrected chi connectivity index (χ1v) is 7.10. The molecule has 0 saturated heterocycles. The van der Waals surface area contributed by atoms with Gasteiger partial charge >= 0.3 is 0 Å². The smallest absolute Gasteiger partial charge is 0.161 e. The predicted molar refractivity (Wildman–Crippen MR) is 81.2 cm³/mol. The molecular weight excluding hydrogens is 250 g/mol. The lowest BCUT2D eigenvalue weighted by Crippen LogP contribution is -2.25. The Morgan fingerprint density at radius 3 is 2.75 bits per heavy atom. The monoisotopic (exact) mass is 273 g/mol. The topological polar surface area (TPSA) is 39.1 Å². The Kier molecular flexibility index (Phi) is 4.79. The van der Waals surface area contributed by atoms with Gasteiger partial charge in [0.15, 0.2) is 5.75 Å². The van der Waals surface area contributed by atoms with Crippen LogP contribution in [0.1, 0.15) is 36.7 Å². The number of methoxy groups -OCH3 is 1. The highest BCUT2D eigenvalue weighted by Crippen LogP contribution is 2.30. The molecule has 1 N–H and O–H groups in total. The van der Waals surface area contributed by atoms with Gasteiger partial charge in [-0.05, 0) is 26.0 Å². The van der Waals surface area contributed by atoms with E-state index in [1.807, 2.05) is 4.68 Å². The number of benzene rings is 1. The summed E-state index contributed by atoms with van der Waals surface area (Å²) in [7, 11) is 1.69. The largest absolute Gasteiger partial charge is 0.493 e. The highest BCUT2D eigenvalue weighted by Gasteiger charge is 2.22. The van der Waals surface area contributed by atoms with E-state index >= 15 is 0 Å². The summed E-state index contributed by atoms with van der Waals surface area (Å²) in [5, 5.41) is 7.95. The molecule has 1 heterocycles. The summed E-state index contributed by atoms with van der Waals surface area (Å²) in [5.74, 6) is 0.833. The standard InChI is InChI=1S/C16H23N3O/c1-5-17-15(13-9-7-8-12(3)10-13)16-14(20-4)11-18-19(16)6-2/h7-11,15,17H,5-6H2,1-4H3. The number of aryl methyl sites for hydroxylation is 2. The molecule has 2 aromatic rings. The number of ether oxygens (including phenoxy) is 1. The second-order valence-corrected chi connectivity index (χ2v) is 4.82. The molecule has 0 saturated carbocycles. The van der Waals surface area contributed by atoms with Crippen LogP contribution in [0.15, 0.2) is 30.5 Å². The lowest BCUT2D eigenvalue weighted by molar-refractivity contribution is 0.399. The van der Waals surface area contributed by atoms with Crippen molar-refractivity contribution in [3.63, 3.8) is 0 Å². The van der Waals surface area contributed by atoms with E-state index in [9.17, 15) is 0 Å². The molecule has 108 valence electrons. The van der Waals surface area contributed by atoms with Crippen molar-refractivity contribution in [2.24, 2.45) is 0 Å². The summed E-state index contributed by atoms with van der Waals surface area (Å²) < 4.78 is 7.48. The van der Waals surface area contributed by atoms with E-state index in [0.29, 0.717) is 0 Å². The van der Waals surface area contributed by atoms with Gasteiger partial charge in [-0.25, -0.2) is 0 Å².